The fraction of sp³-hybridized carbons (Fsp3) is 0.667. The fourth-order valence-electron chi connectivity index (χ4n) is 2.27. The van der Waals surface area contributed by atoms with Crippen LogP contribution in [0.25, 0.3) is 0 Å². The van der Waals surface area contributed by atoms with E-state index in [-0.39, 0.29) is 5.91 Å². The Morgan fingerprint density at radius 2 is 1.88 bits per heavy atom. The zero-order valence-electron chi connectivity index (χ0n) is 11.6. The topological polar surface area (TPSA) is 29.1 Å². The summed E-state index contributed by atoms with van der Waals surface area (Å²) in [5, 5.41) is 3.17. The lowest BCUT2D eigenvalue weighted by molar-refractivity contribution is -0.118. The summed E-state index contributed by atoms with van der Waals surface area (Å²) in [6.45, 7) is 8.51. The van der Waals surface area contributed by atoms with Crippen LogP contribution < -0.4 is 5.32 Å². The predicted octanol–water partition coefficient (Wildman–Crippen LogP) is 3.74. The quantitative estimate of drug-likeness (QED) is 0.746. The van der Waals surface area contributed by atoms with Crippen LogP contribution in [0.5, 0.6) is 0 Å². The van der Waals surface area contributed by atoms with Crippen LogP contribution in [0.3, 0.4) is 0 Å². The summed E-state index contributed by atoms with van der Waals surface area (Å²) >= 11 is 0. The standard InChI is InChI=1S/C15H25NO/c1-5-7-14(8-6-2)16-15(17)13-9-11(3)12(4)10-13/h9,14H,5-8,10H2,1-4H3,(H,16,17). The van der Waals surface area contributed by atoms with Crippen LogP contribution in [0.1, 0.15) is 59.8 Å². The van der Waals surface area contributed by atoms with E-state index in [4.69, 9.17) is 0 Å². The molecule has 0 spiro atoms. The number of rotatable bonds is 6. The summed E-state index contributed by atoms with van der Waals surface area (Å²) in [5.74, 6) is 0.133. The van der Waals surface area contributed by atoms with Crippen molar-refractivity contribution in [1.29, 1.82) is 0 Å². The van der Waals surface area contributed by atoms with E-state index in [1.165, 1.54) is 11.1 Å². The molecule has 17 heavy (non-hydrogen) atoms. The lowest BCUT2D eigenvalue weighted by atomic mass is 10.1. The zero-order valence-corrected chi connectivity index (χ0v) is 11.6. The van der Waals surface area contributed by atoms with Crippen molar-refractivity contribution in [3.05, 3.63) is 22.8 Å². The largest absolute Gasteiger partial charge is 0.350 e. The molecule has 1 N–H and O–H groups in total. The first-order valence-corrected chi connectivity index (χ1v) is 6.76. The van der Waals surface area contributed by atoms with E-state index in [0.717, 1.165) is 37.7 Å². The summed E-state index contributed by atoms with van der Waals surface area (Å²) in [4.78, 5) is 12.1. The highest BCUT2D eigenvalue weighted by atomic mass is 16.1. The van der Waals surface area contributed by atoms with Gasteiger partial charge in [-0.3, -0.25) is 4.79 Å². The van der Waals surface area contributed by atoms with Gasteiger partial charge in [-0.1, -0.05) is 43.9 Å². The number of carbonyl (C=O) groups is 1. The highest BCUT2D eigenvalue weighted by Gasteiger charge is 2.18. The van der Waals surface area contributed by atoms with Crippen LogP contribution in [0.2, 0.25) is 0 Å². The van der Waals surface area contributed by atoms with Crippen molar-refractivity contribution in [3.8, 4) is 0 Å². The van der Waals surface area contributed by atoms with Crippen molar-refractivity contribution in [2.24, 2.45) is 0 Å². The van der Waals surface area contributed by atoms with Crippen LogP contribution in [0.15, 0.2) is 22.8 Å². The van der Waals surface area contributed by atoms with E-state index in [0.29, 0.717) is 6.04 Å². The third-order valence-electron chi connectivity index (χ3n) is 3.42. The summed E-state index contributed by atoms with van der Waals surface area (Å²) in [5.41, 5.74) is 3.49. The van der Waals surface area contributed by atoms with Crippen LogP contribution in [0, 0.1) is 0 Å². The molecular weight excluding hydrogens is 210 g/mol. The van der Waals surface area contributed by atoms with Crippen molar-refractivity contribution in [1.82, 2.24) is 5.32 Å². The lowest BCUT2D eigenvalue weighted by Crippen LogP contribution is -2.35. The monoisotopic (exact) mass is 235 g/mol. The van der Waals surface area contributed by atoms with E-state index in [2.05, 4.69) is 33.0 Å². The van der Waals surface area contributed by atoms with E-state index < -0.39 is 0 Å². The molecule has 0 radical (unpaired) electrons. The minimum Gasteiger partial charge on any atom is -0.350 e. The highest BCUT2D eigenvalue weighted by Crippen LogP contribution is 2.24. The maximum absolute atomic E-state index is 12.1. The molecule has 0 fully saturated rings. The summed E-state index contributed by atoms with van der Waals surface area (Å²) in [7, 11) is 0. The number of carbonyl (C=O) groups excluding carboxylic acids is 1. The van der Waals surface area contributed by atoms with Gasteiger partial charge in [0.1, 0.15) is 0 Å². The van der Waals surface area contributed by atoms with Gasteiger partial charge in [0, 0.05) is 11.6 Å². The molecule has 0 unspecified atom stereocenters. The average molecular weight is 235 g/mol. The summed E-state index contributed by atoms with van der Waals surface area (Å²) in [6, 6.07) is 0.347. The molecule has 0 heterocycles. The van der Waals surface area contributed by atoms with Crippen molar-refractivity contribution in [3.63, 3.8) is 0 Å². The molecule has 1 aliphatic carbocycles. The van der Waals surface area contributed by atoms with Gasteiger partial charge in [-0.05, 0) is 33.1 Å². The Kier molecular flexibility index (Phi) is 5.46. The normalized spacial score (nSPS) is 15.5. The average Bonchev–Trinajstić information content (AvgIpc) is 2.60. The first kappa shape index (κ1) is 14.0. The lowest BCUT2D eigenvalue weighted by Gasteiger charge is -2.17. The number of amides is 1. The van der Waals surface area contributed by atoms with Gasteiger partial charge in [0.05, 0.1) is 0 Å². The van der Waals surface area contributed by atoms with Gasteiger partial charge in [0.15, 0.2) is 0 Å². The molecule has 1 aliphatic rings. The molecule has 0 atom stereocenters. The van der Waals surface area contributed by atoms with Gasteiger partial charge in [-0.25, -0.2) is 0 Å². The van der Waals surface area contributed by atoms with Crippen LogP contribution in [-0.2, 0) is 4.79 Å². The molecule has 0 aliphatic heterocycles. The summed E-state index contributed by atoms with van der Waals surface area (Å²) in [6.07, 6.45) is 7.26. The molecule has 0 saturated heterocycles. The van der Waals surface area contributed by atoms with E-state index in [1.807, 2.05) is 6.08 Å². The molecule has 1 amide bonds. The first-order chi connectivity index (χ1) is 8.08. The van der Waals surface area contributed by atoms with Crippen molar-refractivity contribution < 1.29 is 4.79 Å². The molecule has 1 rings (SSSR count). The van der Waals surface area contributed by atoms with Crippen LogP contribution in [-0.4, -0.2) is 11.9 Å². The maximum atomic E-state index is 12.1. The molecular formula is C15H25NO. The van der Waals surface area contributed by atoms with E-state index in [1.54, 1.807) is 0 Å². The minimum atomic E-state index is 0.133. The molecule has 2 nitrogen and oxygen atoms in total. The van der Waals surface area contributed by atoms with Crippen molar-refractivity contribution in [2.45, 2.75) is 65.8 Å². The molecule has 0 aromatic heterocycles. The van der Waals surface area contributed by atoms with Gasteiger partial charge in [0.2, 0.25) is 5.91 Å². The molecule has 0 bridgehead atoms. The molecule has 2 heteroatoms. The Morgan fingerprint density at radius 1 is 1.29 bits per heavy atom. The smallest absolute Gasteiger partial charge is 0.247 e. The Labute approximate surface area is 105 Å². The number of allylic oxidation sites excluding steroid dienone is 3. The van der Waals surface area contributed by atoms with E-state index >= 15 is 0 Å². The first-order valence-electron chi connectivity index (χ1n) is 6.76. The second kappa shape index (κ2) is 6.63. The third kappa shape index (κ3) is 4.03. The molecule has 0 saturated carbocycles. The molecule has 96 valence electrons. The Hall–Kier alpha value is -1.05. The zero-order chi connectivity index (χ0) is 12.8. The third-order valence-corrected chi connectivity index (χ3v) is 3.42. The number of nitrogens with one attached hydrogen (secondary N) is 1. The second-order valence-electron chi connectivity index (χ2n) is 5.06. The summed E-state index contributed by atoms with van der Waals surface area (Å²) < 4.78 is 0. The van der Waals surface area contributed by atoms with Gasteiger partial charge in [0.25, 0.3) is 0 Å². The number of hydrogen-bond donors (Lipinski definition) is 1. The van der Waals surface area contributed by atoms with Gasteiger partial charge in [-0.2, -0.15) is 0 Å². The number of hydrogen-bond acceptors (Lipinski definition) is 1. The second-order valence-corrected chi connectivity index (χ2v) is 5.06. The maximum Gasteiger partial charge on any atom is 0.247 e. The van der Waals surface area contributed by atoms with Gasteiger partial charge >= 0.3 is 0 Å². The van der Waals surface area contributed by atoms with Crippen LogP contribution in [0.4, 0.5) is 0 Å². The van der Waals surface area contributed by atoms with Crippen molar-refractivity contribution in [2.75, 3.05) is 0 Å². The Bertz CT molecular complexity index is 333. The molecule has 0 aromatic carbocycles. The van der Waals surface area contributed by atoms with Gasteiger partial charge < -0.3 is 5.32 Å². The fourth-order valence-corrected chi connectivity index (χ4v) is 2.27. The van der Waals surface area contributed by atoms with Gasteiger partial charge in [-0.15, -0.1) is 0 Å². The Balaban J connectivity index is 2.52. The highest BCUT2D eigenvalue weighted by molar-refractivity contribution is 5.95. The minimum absolute atomic E-state index is 0.133. The van der Waals surface area contributed by atoms with E-state index in [9.17, 15) is 4.79 Å². The Morgan fingerprint density at radius 3 is 2.29 bits per heavy atom. The predicted molar refractivity (Wildman–Crippen MR) is 72.8 cm³/mol. The van der Waals surface area contributed by atoms with Crippen LogP contribution >= 0.6 is 0 Å². The SMILES string of the molecule is CCCC(CCC)NC(=O)C1=CC(C)=C(C)C1. The van der Waals surface area contributed by atoms with Crippen molar-refractivity contribution >= 4 is 5.91 Å². The molecule has 0 aromatic rings.